The summed E-state index contributed by atoms with van der Waals surface area (Å²) in [6.45, 7) is 11.9. The lowest BCUT2D eigenvalue weighted by molar-refractivity contribution is -0.816. The summed E-state index contributed by atoms with van der Waals surface area (Å²) < 4.78 is 17.2. The molecule has 0 N–H and O–H groups in total. The Hall–Kier alpha value is -4.26. The second kappa shape index (κ2) is 9.38. The van der Waals surface area contributed by atoms with Gasteiger partial charge in [-0.1, -0.05) is 87.2 Å². The Morgan fingerprint density at radius 2 is 1.64 bits per heavy atom. The lowest BCUT2D eigenvalue weighted by Gasteiger charge is -2.28. The van der Waals surface area contributed by atoms with Crippen LogP contribution >= 0.6 is 11.3 Å². The van der Waals surface area contributed by atoms with Gasteiger partial charge >= 0.3 is 6.23 Å². The highest BCUT2D eigenvalue weighted by molar-refractivity contribution is 7.26. The summed E-state index contributed by atoms with van der Waals surface area (Å²) in [6.07, 6.45) is 2.03. The van der Waals surface area contributed by atoms with Gasteiger partial charge in [-0.3, -0.25) is 0 Å². The minimum atomic E-state index is -1.45. The Bertz CT molecular complexity index is 2360. The number of nitrogens with zero attached hydrogens (tertiary/aromatic N) is 3. The van der Waals surface area contributed by atoms with E-state index in [9.17, 15) is 0 Å². The number of imidazole rings is 1. The Morgan fingerprint density at radius 3 is 2.47 bits per heavy atom. The number of aryl methyl sites for hydroxylation is 1. The van der Waals surface area contributed by atoms with Gasteiger partial charge < -0.3 is 4.74 Å². The van der Waals surface area contributed by atoms with Gasteiger partial charge in [-0.2, -0.15) is 4.57 Å². The fourth-order valence-corrected chi connectivity index (χ4v) is 10.2. The van der Waals surface area contributed by atoms with Crippen molar-refractivity contribution in [1.82, 2.24) is 4.57 Å². The molecule has 0 bridgehead atoms. The summed E-state index contributed by atoms with van der Waals surface area (Å²) in [6, 6.07) is 34.0. The van der Waals surface area contributed by atoms with E-state index in [0.29, 0.717) is 5.92 Å². The van der Waals surface area contributed by atoms with Crippen LogP contribution in [0.2, 0.25) is 19.6 Å². The fraction of sp³-hybridized carbons (Fsp3) is 0.231. The number of aromatic nitrogens is 3. The van der Waals surface area contributed by atoms with Gasteiger partial charge in [0.1, 0.15) is 11.3 Å². The number of fused-ring (bicyclic) bond motifs is 16. The third-order valence-electron chi connectivity index (χ3n) is 10.0. The summed E-state index contributed by atoms with van der Waals surface area (Å²) in [5.41, 5.74) is 8.80. The number of hydrogen-bond acceptors (Lipinski definition) is 2. The van der Waals surface area contributed by atoms with Crippen LogP contribution in [0.4, 0.5) is 0 Å². The molecule has 4 aromatic carbocycles. The molecule has 0 saturated carbocycles. The molecule has 3 aromatic heterocycles. The molecule has 2 unspecified atom stereocenters. The average molecular weight is 624 g/mol. The first-order chi connectivity index (χ1) is 21.7. The SMILES string of the molecule is CC(C)c1cc[n+]2c(c1)-c1c(ccc3c1sc1cc([Si](C)(C)C)ccc13)C1C2Oc2ccccc2-c2n(C)c3ccccc3[n+]21. The van der Waals surface area contributed by atoms with Crippen molar-refractivity contribution < 1.29 is 13.9 Å². The van der Waals surface area contributed by atoms with E-state index in [4.69, 9.17) is 4.74 Å². The molecular weight excluding hydrogens is 587 g/mol. The molecule has 45 heavy (non-hydrogen) atoms. The number of thiophene rings is 1. The highest BCUT2D eigenvalue weighted by atomic mass is 32.1. The zero-order valence-electron chi connectivity index (χ0n) is 26.6. The third kappa shape index (κ3) is 3.76. The van der Waals surface area contributed by atoms with E-state index < -0.39 is 8.07 Å². The number of hydrogen-bond donors (Lipinski definition) is 0. The first-order valence-electron chi connectivity index (χ1n) is 16.0. The van der Waals surface area contributed by atoms with Crippen LogP contribution in [-0.4, -0.2) is 12.6 Å². The van der Waals surface area contributed by atoms with Crippen molar-refractivity contribution in [3.8, 4) is 28.4 Å². The molecule has 9 rings (SSSR count). The Morgan fingerprint density at radius 1 is 0.867 bits per heavy atom. The topological polar surface area (TPSA) is 21.9 Å². The van der Waals surface area contributed by atoms with E-state index in [2.05, 4.69) is 151 Å². The third-order valence-corrected chi connectivity index (χ3v) is 13.3. The molecule has 4 nitrogen and oxygen atoms in total. The molecule has 0 fully saturated rings. The van der Waals surface area contributed by atoms with Crippen molar-refractivity contribution in [3.63, 3.8) is 0 Å². The average Bonchev–Trinajstić information content (AvgIpc) is 3.49. The number of para-hydroxylation sites is 3. The fourth-order valence-electron chi connectivity index (χ4n) is 7.65. The molecule has 0 radical (unpaired) electrons. The quantitative estimate of drug-likeness (QED) is 0.140. The maximum absolute atomic E-state index is 7.15. The molecule has 0 aliphatic carbocycles. The van der Waals surface area contributed by atoms with E-state index in [1.165, 1.54) is 64.6 Å². The van der Waals surface area contributed by atoms with Crippen LogP contribution in [-0.2, 0) is 7.05 Å². The monoisotopic (exact) mass is 623 g/mol. The standard InChI is InChI=1S/C39H37N3OSSi/c1-23(2)24-19-20-41-32(21-24)35-29(18-17-27-26-16-15-25(45(4,5)6)22-34(26)44-37(27)35)36-39(41)43-33-14-10-7-11-28(33)38-40(3)30-12-8-9-13-31(30)42(36)38/h7-23,36,39H,1-6H3/q+2. The van der Waals surface area contributed by atoms with Crippen molar-refractivity contribution in [2.75, 3.05) is 0 Å². The van der Waals surface area contributed by atoms with Crippen LogP contribution < -0.4 is 19.1 Å². The van der Waals surface area contributed by atoms with Gasteiger partial charge in [0, 0.05) is 37.9 Å². The number of ether oxygens (including phenoxy) is 1. The molecule has 7 aromatic rings. The van der Waals surface area contributed by atoms with Gasteiger partial charge in [0.25, 0.3) is 5.82 Å². The molecule has 2 aliphatic heterocycles. The molecular formula is C39H37N3OSSi+2. The second-order valence-electron chi connectivity index (χ2n) is 14.1. The molecule has 2 atom stereocenters. The zero-order chi connectivity index (χ0) is 30.8. The maximum atomic E-state index is 7.15. The van der Waals surface area contributed by atoms with Gasteiger partial charge in [0.15, 0.2) is 17.2 Å². The Kier molecular flexibility index (Phi) is 5.64. The first kappa shape index (κ1) is 27.1. The minimum absolute atomic E-state index is 0.0666. The summed E-state index contributed by atoms with van der Waals surface area (Å²) in [5, 5.41) is 4.21. The normalized spacial score (nSPS) is 17.0. The van der Waals surface area contributed by atoms with E-state index in [1.54, 1.807) is 0 Å². The first-order valence-corrected chi connectivity index (χ1v) is 20.3. The Labute approximate surface area is 268 Å². The van der Waals surface area contributed by atoms with Gasteiger partial charge in [-0.15, -0.1) is 11.3 Å². The highest BCUT2D eigenvalue weighted by Gasteiger charge is 2.51. The van der Waals surface area contributed by atoms with Gasteiger partial charge in [-0.25, -0.2) is 9.13 Å². The molecule has 2 aliphatic rings. The van der Waals surface area contributed by atoms with Crippen molar-refractivity contribution >= 4 is 55.8 Å². The molecule has 0 saturated heterocycles. The van der Waals surface area contributed by atoms with Crippen molar-refractivity contribution in [2.24, 2.45) is 7.05 Å². The number of benzene rings is 4. The van der Waals surface area contributed by atoms with E-state index in [-0.39, 0.29) is 12.3 Å². The molecule has 6 heteroatoms. The van der Waals surface area contributed by atoms with Gasteiger partial charge in [0.2, 0.25) is 11.7 Å². The molecule has 0 spiro atoms. The van der Waals surface area contributed by atoms with Crippen molar-refractivity contribution in [1.29, 1.82) is 0 Å². The van der Waals surface area contributed by atoms with Crippen LogP contribution in [0.25, 0.3) is 53.9 Å². The number of pyridine rings is 1. The van der Waals surface area contributed by atoms with Crippen molar-refractivity contribution in [3.05, 3.63) is 108 Å². The minimum Gasteiger partial charge on any atom is -0.429 e. The van der Waals surface area contributed by atoms with Crippen molar-refractivity contribution in [2.45, 2.75) is 51.7 Å². The molecule has 222 valence electrons. The lowest BCUT2D eigenvalue weighted by Crippen LogP contribution is -2.58. The highest BCUT2D eigenvalue weighted by Crippen LogP contribution is 2.49. The lowest BCUT2D eigenvalue weighted by atomic mass is 9.89. The Balaban J connectivity index is 1.43. The van der Waals surface area contributed by atoms with Crippen LogP contribution in [0.1, 0.15) is 43.2 Å². The zero-order valence-corrected chi connectivity index (χ0v) is 28.4. The van der Waals surface area contributed by atoms with Crippen LogP contribution in [0.15, 0.2) is 97.2 Å². The van der Waals surface area contributed by atoms with E-state index in [0.717, 1.165) is 11.3 Å². The summed E-state index contributed by atoms with van der Waals surface area (Å²) in [4.78, 5) is 0. The summed E-state index contributed by atoms with van der Waals surface area (Å²) in [7, 11) is 0.742. The molecule has 5 heterocycles. The maximum Gasteiger partial charge on any atom is 0.348 e. The smallest absolute Gasteiger partial charge is 0.348 e. The predicted molar refractivity (Wildman–Crippen MR) is 188 cm³/mol. The summed E-state index contributed by atoms with van der Waals surface area (Å²) in [5.74, 6) is 2.51. The predicted octanol–water partition coefficient (Wildman–Crippen LogP) is 8.62. The molecule has 0 amide bonds. The van der Waals surface area contributed by atoms with E-state index in [1.807, 2.05) is 11.3 Å². The van der Waals surface area contributed by atoms with Crippen LogP contribution in [0.3, 0.4) is 0 Å². The largest absolute Gasteiger partial charge is 0.429 e. The second-order valence-corrected chi connectivity index (χ2v) is 20.2. The summed E-state index contributed by atoms with van der Waals surface area (Å²) >= 11 is 1.96. The van der Waals surface area contributed by atoms with Crippen LogP contribution in [0.5, 0.6) is 5.75 Å². The van der Waals surface area contributed by atoms with Crippen LogP contribution in [0, 0.1) is 0 Å². The number of rotatable bonds is 2. The van der Waals surface area contributed by atoms with Gasteiger partial charge in [0.05, 0.1) is 20.7 Å². The van der Waals surface area contributed by atoms with E-state index >= 15 is 0 Å². The van der Waals surface area contributed by atoms with Gasteiger partial charge in [-0.05, 0) is 41.8 Å².